The summed E-state index contributed by atoms with van der Waals surface area (Å²) in [7, 11) is 0. The van der Waals surface area contributed by atoms with Gasteiger partial charge in [0.25, 0.3) is 0 Å². The number of ether oxygens (including phenoxy) is 1. The van der Waals surface area contributed by atoms with Crippen molar-refractivity contribution < 1.29 is 24.3 Å². The lowest BCUT2D eigenvalue weighted by Crippen LogP contribution is -2.58. The molecule has 1 fully saturated rings. The highest BCUT2D eigenvalue weighted by molar-refractivity contribution is 6.30. The molecule has 1 heterocycles. The maximum absolute atomic E-state index is 13.2. The first kappa shape index (κ1) is 29.9. The van der Waals surface area contributed by atoms with E-state index in [4.69, 9.17) is 21.5 Å². The minimum atomic E-state index is -0.775. The topological polar surface area (TPSA) is 120 Å². The van der Waals surface area contributed by atoms with Crippen molar-refractivity contribution in [1.82, 2.24) is 21.0 Å². The fourth-order valence-electron chi connectivity index (χ4n) is 4.25. The van der Waals surface area contributed by atoms with E-state index < -0.39 is 23.3 Å². The number of amides is 3. The molecule has 3 amide bonds. The highest BCUT2D eigenvalue weighted by Crippen LogP contribution is 2.23. The molecule has 1 aliphatic rings. The third-order valence-electron chi connectivity index (χ3n) is 6.41. The molecule has 0 aliphatic carbocycles. The van der Waals surface area contributed by atoms with E-state index in [-0.39, 0.29) is 24.4 Å². The summed E-state index contributed by atoms with van der Waals surface area (Å²) in [6.07, 6.45) is 3.62. The standard InChI is InChI=1S/C26H41ClN4O5/c1-18(31-14-6-7-15-31)28-25(34)23(26(2,3)4)29-24(33)19(17-22(32)30-35)9-5-8-16-36-21-12-10-20(27)11-13-21/h10-13,18-19,23,35H,5-9,14-17H2,1-4H3,(H,28,34)(H,29,33)(H,30,32)/t18?,19-,23-/m1/s1. The number of carbonyl (C=O) groups excluding carboxylic acids is 3. The number of nitrogens with one attached hydrogen (secondary N) is 3. The zero-order chi connectivity index (χ0) is 26.7. The Morgan fingerprint density at radius 2 is 1.69 bits per heavy atom. The Morgan fingerprint density at radius 1 is 1.06 bits per heavy atom. The van der Waals surface area contributed by atoms with Crippen LogP contribution in [0.5, 0.6) is 5.75 Å². The van der Waals surface area contributed by atoms with Gasteiger partial charge in [0.05, 0.1) is 12.8 Å². The van der Waals surface area contributed by atoms with Crippen LogP contribution in [0, 0.1) is 11.3 Å². The van der Waals surface area contributed by atoms with Crippen LogP contribution in [-0.4, -0.2) is 59.7 Å². The summed E-state index contributed by atoms with van der Waals surface area (Å²) in [4.78, 5) is 40.4. The van der Waals surface area contributed by atoms with Crippen molar-refractivity contribution in [3.63, 3.8) is 0 Å². The van der Waals surface area contributed by atoms with E-state index in [0.29, 0.717) is 36.6 Å². The molecule has 1 unspecified atom stereocenters. The SMILES string of the molecule is CC(NC(=O)[C@@H](NC(=O)[C@H](CCCCOc1ccc(Cl)cc1)CC(=O)NO)C(C)(C)C)N1CCCC1. The number of hydroxylamine groups is 1. The first-order valence-corrected chi connectivity index (χ1v) is 13.0. The van der Waals surface area contributed by atoms with Crippen LogP contribution in [0.2, 0.25) is 5.02 Å². The summed E-state index contributed by atoms with van der Waals surface area (Å²) in [6, 6.07) is 6.29. The predicted molar refractivity (Wildman–Crippen MR) is 139 cm³/mol. The molecule has 10 heteroatoms. The van der Waals surface area contributed by atoms with E-state index in [2.05, 4.69) is 15.5 Å². The van der Waals surface area contributed by atoms with Crippen LogP contribution in [0.4, 0.5) is 0 Å². The second kappa shape index (κ2) is 14.4. The van der Waals surface area contributed by atoms with E-state index >= 15 is 0 Å². The summed E-state index contributed by atoms with van der Waals surface area (Å²) >= 11 is 5.88. The largest absolute Gasteiger partial charge is 0.494 e. The molecule has 1 aromatic carbocycles. The average Bonchev–Trinajstić information content (AvgIpc) is 3.37. The number of hydrogen-bond donors (Lipinski definition) is 4. The van der Waals surface area contributed by atoms with Crippen molar-refractivity contribution in [1.29, 1.82) is 0 Å². The van der Waals surface area contributed by atoms with Gasteiger partial charge in [0.2, 0.25) is 17.7 Å². The van der Waals surface area contributed by atoms with Crippen molar-refractivity contribution in [2.45, 2.75) is 78.4 Å². The summed E-state index contributed by atoms with van der Waals surface area (Å²) < 4.78 is 5.69. The second-order valence-corrected chi connectivity index (χ2v) is 10.9. The van der Waals surface area contributed by atoms with Crippen molar-refractivity contribution in [2.24, 2.45) is 11.3 Å². The normalized spacial score (nSPS) is 16.6. The Bertz CT molecular complexity index is 853. The molecule has 9 nitrogen and oxygen atoms in total. The molecular weight excluding hydrogens is 484 g/mol. The van der Waals surface area contributed by atoms with Gasteiger partial charge in [0.1, 0.15) is 11.8 Å². The number of nitrogens with zero attached hydrogens (tertiary/aromatic N) is 1. The molecule has 1 aliphatic heterocycles. The van der Waals surface area contributed by atoms with Crippen molar-refractivity contribution >= 4 is 29.3 Å². The van der Waals surface area contributed by atoms with Crippen molar-refractivity contribution in [3.05, 3.63) is 29.3 Å². The summed E-state index contributed by atoms with van der Waals surface area (Å²) in [6.45, 7) is 9.95. The molecule has 1 aromatic rings. The van der Waals surface area contributed by atoms with E-state index in [1.165, 1.54) is 0 Å². The molecule has 1 saturated heterocycles. The third kappa shape index (κ3) is 9.95. The average molecular weight is 525 g/mol. The van der Waals surface area contributed by atoms with Gasteiger partial charge in [0.15, 0.2) is 0 Å². The van der Waals surface area contributed by atoms with Gasteiger partial charge < -0.3 is 15.4 Å². The second-order valence-electron chi connectivity index (χ2n) is 10.5. The number of rotatable bonds is 13. The summed E-state index contributed by atoms with van der Waals surface area (Å²) in [5.74, 6) is -1.28. The number of unbranched alkanes of at least 4 members (excludes halogenated alkanes) is 1. The Balaban J connectivity index is 1.94. The minimum absolute atomic E-state index is 0.127. The van der Waals surface area contributed by atoms with Crippen LogP contribution in [0.15, 0.2) is 24.3 Å². The Morgan fingerprint density at radius 3 is 2.28 bits per heavy atom. The van der Waals surface area contributed by atoms with Crippen LogP contribution < -0.4 is 20.9 Å². The van der Waals surface area contributed by atoms with E-state index in [1.54, 1.807) is 29.7 Å². The van der Waals surface area contributed by atoms with Crippen LogP contribution in [0.3, 0.4) is 0 Å². The van der Waals surface area contributed by atoms with Crippen LogP contribution >= 0.6 is 11.6 Å². The molecule has 0 saturated carbocycles. The fourth-order valence-corrected chi connectivity index (χ4v) is 4.38. The Labute approximate surface area is 219 Å². The number of benzene rings is 1. The fraction of sp³-hybridized carbons (Fsp3) is 0.654. The van der Waals surface area contributed by atoms with Crippen LogP contribution in [0.1, 0.15) is 66.2 Å². The smallest absolute Gasteiger partial charge is 0.244 e. The number of likely N-dealkylation sites (tertiary alicyclic amines) is 1. The van der Waals surface area contributed by atoms with E-state index in [0.717, 1.165) is 25.9 Å². The van der Waals surface area contributed by atoms with Gasteiger partial charge in [-0.1, -0.05) is 32.4 Å². The molecule has 3 atom stereocenters. The molecule has 36 heavy (non-hydrogen) atoms. The van der Waals surface area contributed by atoms with Gasteiger partial charge in [-0.3, -0.25) is 24.5 Å². The molecular formula is C26H41ClN4O5. The molecule has 0 spiro atoms. The Kier molecular flexibility index (Phi) is 11.9. The predicted octanol–water partition coefficient (Wildman–Crippen LogP) is 3.49. The number of halogens is 1. The quantitative estimate of drug-likeness (QED) is 0.178. The van der Waals surface area contributed by atoms with Gasteiger partial charge in [-0.2, -0.15) is 0 Å². The highest BCUT2D eigenvalue weighted by Gasteiger charge is 2.36. The van der Waals surface area contributed by atoms with Gasteiger partial charge in [-0.05, 0) is 68.7 Å². The van der Waals surface area contributed by atoms with Crippen LogP contribution in [0.25, 0.3) is 0 Å². The Hall–Kier alpha value is -2.36. The maximum Gasteiger partial charge on any atom is 0.244 e. The number of carbonyl (C=O) groups is 3. The summed E-state index contributed by atoms with van der Waals surface area (Å²) in [5.41, 5.74) is 1.06. The zero-order valence-electron chi connectivity index (χ0n) is 21.8. The van der Waals surface area contributed by atoms with Gasteiger partial charge in [-0.25, -0.2) is 5.48 Å². The van der Waals surface area contributed by atoms with Crippen LogP contribution in [-0.2, 0) is 14.4 Å². The number of hydrogen-bond acceptors (Lipinski definition) is 6. The monoisotopic (exact) mass is 524 g/mol. The minimum Gasteiger partial charge on any atom is -0.494 e. The van der Waals surface area contributed by atoms with Gasteiger partial charge in [0, 0.05) is 30.5 Å². The maximum atomic E-state index is 13.2. The first-order valence-electron chi connectivity index (χ1n) is 12.7. The van der Waals surface area contributed by atoms with Gasteiger partial charge >= 0.3 is 0 Å². The molecule has 2 rings (SSSR count). The van der Waals surface area contributed by atoms with Crippen molar-refractivity contribution in [2.75, 3.05) is 19.7 Å². The van der Waals surface area contributed by atoms with E-state index in [1.807, 2.05) is 27.7 Å². The van der Waals surface area contributed by atoms with Crippen molar-refractivity contribution in [3.8, 4) is 5.75 Å². The molecule has 202 valence electrons. The lowest BCUT2D eigenvalue weighted by atomic mass is 9.85. The zero-order valence-corrected chi connectivity index (χ0v) is 22.6. The molecule has 0 bridgehead atoms. The molecule has 4 N–H and O–H groups in total. The molecule has 0 radical (unpaired) electrons. The lowest BCUT2D eigenvalue weighted by Gasteiger charge is -2.34. The lowest BCUT2D eigenvalue weighted by molar-refractivity contribution is -0.137. The summed E-state index contributed by atoms with van der Waals surface area (Å²) in [5, 5.41) is 15.5. The van der Waals surface area contributed by atoms with Gasteiger partial charge in [-0.15, -0.1) is 0 Å². The third-order valence-corrected chi connectivity index (χ3v) is 6.66. The molecule has 0 aromatic heterocycles. The van der Waals surface area contributed by atoms with E-state index in [9.17, 15) is 14.4 Å². The highest BCUT2D eigenvalue weighted by atomic mass is 35.5. The first-order chi connectivity index (χ1) is 17.0.